The molecule has 0 saturated carbocycles. The van der Waals surface area contributed by atoms with Gasteiger partial charge in [0.1, 0.15) is 11.3 Å². The molecule has 1 N–H and O–H groups in total. The lowest BCUT2D eigenvalue weighted by Crippen LogP contribution is -2.34. The molecule has 5 nitrogen and oxygen atoms in total. The maximum atomic E-state index is 12.8. The van der Waals surface area contributed by atoms with Gasteiger partial charge >= 0.3 is 0 Å². The molecule has 24 heavy (non-hydrogen) atoms. The van der Waals surface area contributed by atoms with E-state index in [1.54, 1.807) is 43.7 Å². The second kappa shape index (κ2) is 5.96. The summed E-state index contributed by atoms with van der Waals surface area (Å²) in [4.78, 5) is 27.6. The van der Waals surface area contributed by atoms with Crippen LogP contribution in [0.4, 0.5) is 5.69 Å². The average Bonchev–Trinajstić information content (AvgIpc) is 2.95. The first-order valence-electron chi connectivity index (χ1n) is 7.16. The number of benzene rings is 1. The third-order valence-corrected chi connectivity index (χ3v) is 5.19. The summed E-state index contributed by atoms with van der Waals surface area (Å²) in [5.41, 5.74) is 0.436. The van der Waals surface area contributed by atoms with E-state index in [1.165, 1.54) is 20.8 Å². The van der Waals surface area contributed by atoms with Crippen LogP contribution in [0, 0.1) is 6.92 Å². The number of hydrogen-bond acceptors (Lipinski definition) is 4. The molecule has 0 spiro atoms. The number of carbonyl (C=O) groups is 1. The Kier molecular flexibility index (Phi) is 4.11. The lowest BCUT2D eigenvalue weighted by Gasteiger charge is -2.18. The molecule has 0 bridgehead atoms. The van der Waals surface area contributed by atoms with Crippen LogP contribution in [0.5, 0.6) is 5.75 Å². The fraction of sp³-hybridized carbons (Fsp3) is 0.176. The van der Waals surface area contributed by atoms with Crippen molar-refractivity contribution in [1.82, 2.24) is 4.57 Å². The second-order valence-corrected chi connectivity index (χ2v) is 7.00. The van der Waals surface area contributed by atoms with E-state index >= 15 is 0 Å². The number of thiophene rings is 1. The zero-order valence-corrected chi connectivity index (χ0v) is 14.9. The summed E-state index contributed by atoms with van der Waals surface area (Å²) in [6.45, 7) is 1.84. The van der Waals surface area contributed by atoms with Gasteiger partial charge in [-0.3, -0.25) is 9.59 Å². The molecule has 3 aromatic rings. The second-order valence-electron chi connectivity index (χ2n) is 5.48. The normalized spacial score (nSPS) is 11.0. The highest BCUT2D eigenvalue weighted by Crippen LogP contribution is 2.33. The molecule has 0 aliphatic heterocycles. The standard InChI is InChI=1S/C17H15ClN2O3S/c1-9-13-12(8-24-9)20(3)17(23)14(15(13)21)16(22)19(2)11-6-4-10(18)5-7-11/h4-8,21H,1-3H3. The van der Waals surface area contributed by atoms with Gasteiger partial charge in [0.2, 0.25) is 0 Å². The van der Waals surface area contributed by atoms with Gasteiger partial charge in [0.25, 0.3) is 11.5 Å². The molecular formula is C17H15ClN2O3S. The van der Waals surface area contributed by atoms with E-state index in [2.05, 4.69) is 0 Å². The number of carbonyl (C=O) groups excluding carboxylic acids is 1. The van der Waals surface area contributed by atoms with Crippen LogP contribution >= 0.6 is 22.9 Å². The van der Waals surface area contributed by atoms with Crippen molar-refractivity contribution >= 4 is 45.4 Å². The molecular weight excluding hydrogens is 348 g/mol. The Balaban J connectivity index is 2.18. The lowest BCUT2D eigenvalue weighted by atomic mass is 10.1. The van der Waals surface area contributed by atoms with Gasteiger partial charge in [-0.2, -0.15) is 0 Å². The van der Waals surface area contributed by atoms with Gasteiger partial charge in [-0.05, 0) is 31.2 Å². The number of aromatic nitrogens is 1. The fourth-order valence-electron chi connectivity index (χ4n) is 2.62. The van der Waals surface area contributed by atoms with E-state index in [-0.39, 0.29) is 11.3 Å². The van der Waals surface area contributed by atoms with Crippen LogP contribution in [-0.2, 0) is 7.05 Å². The molecule has 2 aromatic heterocycles. The number of hydrogen-bond donors (Lipinski definition) is 1. The van der Waals surface area contributed by atoms with E-state index in [9.17, 15) is 14.7 Å². The molecule has 1 aromatic carbocycles. The minimum Gasteiger partial charge on any atom is -0.506 e. The molecule has 0 aliphatic carbocycles. The van der Waals surface area contributed by atoms with Crippen LogP contribution < -0.4 is 10.5 Å². The van der Waals surface area contributed by atoms with Crippen molar-refractivity contribution < 1.29 is 9.90 Å². The number of nitrogens with zero attached hydrogens (tertiary/aromatic N) is 2. The number of anilines is 1. The Bertz CT molecular complexity index is 1010. The Morgan fingerprint density at radius 1 is 1.29 bits per heavy atom. The third kappa shape index (κ3) is 2.48. The predicted octanol–water partition coefficient (Wildman–Crippen LogP) is 3.54. The first-order chi connectivity index (χ1) is 11.3. The lowest BCUT2D eigenvalue weighted by molar-refractivity contribution is 0.0988. The van der Waals surface area contributed by atoms with Gasteiger partial charge in [0.15, 0.2) is 0 Å². The van der Waals surface area contributed by atoms with Crippen molar-refractivity contribution in [2.24, 2.45) is 7.05 Å². The molecule has 0 radical (unpaired) electrons. The maximum Gasteiger partial charge on any atom is 0.267 e. The van der Waals surface area contributed by atoms with Gasteiger partial charge in [0, 0.05) is 35.1 Å². The molecule has 0 aliphatic rings. The smallest absolute Gasteiger partial charge is 0.267 e. The average molecular weight is 363 g/mol. The summed E-state index contributed by atoms with van der Waals surface area (Å²) in [6, 6.07) is 6.67. The molecule has 3 rings (SSSR count). The van der Waals surface area contributed by atoms with Crippen molar-refractivity contribution in [3.05, 3.63) is 55.5 Å². The van der Waals surface area contributed by atoms with E-state index in [0.29, 0.717) is 21.6 Å². The van der Waals surface area contributed by atoms with Crippen molar-refractivity contribution in [3.8, 4) is 5.75 Å². The Morgan fingerprint density at radius 3 is 2.54 bits per heavy atom. The van der Waals surface area contributed by atoms with Crippen LogP contribution in [-0.4, -0.2) is 22.6 Å². The summed E-state index contributed by atoms with van der Waals surface area (Å²) in [7, 11) is 3.14. The van der Waals surface area contributed by atoms with Crippen LogP contribution in [0.25, 0.3) is 10.9 Å². The number of fused-ring (bicyclic) bond motifs is 1. The van der Waals surface area contributed by atoms with Crippen molar-refractivity contribution in [2.45, 2.75) is 6.92 Å². The largest absolute Gasteiger partial charge is 0.506 e. The number of rotatable bonds is 2. The zero-order valence-electron chi connectivity index (χ0n) is 13.3. The van der Waals surface area contributed by atoms with Crippen LogP contribution in [0.3, 0.4) is 0 Å². The van der Waals surface area contributed by atoms with Gasteiger partial charge in [-0.1, -0.05) is 11.6 Å². The van der Waals surface area contributed by atoms with E-state index in [1.807, 2.05) is 6.92 Å². The first kappa shape index (κ1) is 16.5. The topological polar surface area (TPSA) is 62.5 Å². The Labute approximate surface area is 147 Å². The predicted molar refractivity (Wildman–Crippen MR) is 97.7 cm³/mol. The molecule has 1 amide bonds. The van der Waals surface area contributed by atoms with Crippen LogP contribution in [0.2, 0.25) is 5.02 Å². The minimum absolute atomic E-state index is 0.232. The SMILES string of the molecule is Cc1scc2c1c(O)c(C(=O)N(C)c1ccc(Cl)cc1)c(=O)n2C. The number of amides is 1. The van der Waals surface area contributed by atoms with Gasteiger partial charge in [-0.15, -0.1) is 11.3 Å². The van der Waals surface area contributed by atoms with Crippen LogP contribution in [0.1, 0.15) is 15.2 Å². The third-order valence-electron chi connectivity index (χ3n) is 4.04. The minimum atomic E-state index is -0.567. The number of aryl methyl sites for hydroxylation is 2. The molecule has 0 saturated heterocycles. The Morgan fingerprint density at radius 2 is 1.92 bits per heavy atom. The summed E-state index contributed by atoms with van der Waals surface area (Å²) >= 11 is 7.28. The molecule has 124 valence electrons. The maximum absolute atomic E-state index is 12.8. The van der Waals surface area contributed by atoms with Crippen LogP contribution in [0.15, 0.2) is 34.4 Å². The van der Waals surface area contributed by atoms with E-state index in [4.69, 9.17) is 11.6 Å². The highest BCUT2D eigenvalue weighted by Gasteiger charge is 2.25. The summed E-state index contributed by atoms with van der Waals surface area (Å²) in [6.07, 6.45) is 0. The molecule has 0 atom stereocenters. The fourth-order valence-corrected chi connectivity index (χ4v) is 3.63. The number of pyridine rings is 1. The molecule has 0 fully saturated rings. The highest BCUT2D eigenvalue weighted by atomic mass is 35.5. The highest BCUT2D eigenvalue weighted by molar-refractivity contribution is 7.11. The zero-order chi connectivity index (χ0) is 17.6. The Hall–Kier alpha value is -2.31. The quantitative estimate of drug-likeness (QED) is 0.758. The van der Waals surface area contributed by atoms with Gasteiger partial charge in [-0.25, -0.2) is 0 Å². The van der Waals surface area contributed by atoms with Crippen molar-refractivity contribution in [1.29, 1.82) is 0 Å². The number of halogens is 1. The number of aromatic hydroxyl groups is 1. The summed E-state index contributed by atoms with van der Waals surface area (Å²) < 4.78 is 1.39. The van der Waals surface area contributed by atoms with Crippen molar-refractivity contribution in [3.63, 3.8) is 0 Å². The van der Waals surface area contributed by atoms with Gasteiger partial charge < -0.3 is 14.6 Å². The molecule has 0 unspecified atom stereocenters. The van der Waals surface area contributed by atoms with Gasteiger partial charge in [0.05, 0.1) is 10.9 Å². The summed E-state index contributed by atoms with van der Waals surface area (Å²) in [5, 5.41) is 13.4. The molecule has 7 heteroatoms. The summed E-state index contributed by atoms with van der Waals surface area (Å²) in [5.74, 6) is -0.833. The first-order valence-corrected chi connectivity index (χ1v) is 8.42. The van der Waals surface area contributed by atoms with E-state index in [0.717, 1.165) is 4.88 Å². The monoisotopic (exact) mass is 362 g/mol. The van der Waals surface area contributed by atoms with E-state index < -0.39 is 11.5 Å². The van der Waals surface area contributed by atoms with Crippen molar-refractivity contribution in [2.75, 3.05) is 11.9 Å². The molecule has 2 heterocycles.